The van der Waals surface area contributed by atoms with Crippen molar-refractivity contribution in [1.82, 2.24) is 4.98 Å². The summed E-state index contributed by atoms with van der Waals surface area (Å²) in [6.07, 6.45) is 3.70. The third kappa shape index (κ3) is 3.30. The molecule has 0 aliphatic heterocycles. The van der Waals surface area contributed by atoms with E-state index in [1.54, 1.807) is 6.20 Å². The number of anilines is 1. The summed E-state index contributed by atoms with van der Waals surface area (Å²) in [5.74, 6) is 0. The minimum atomic E-state index is 0.857. The Balaban J connectivity index is 2.11. The van der Waals surface area contributed by atoms with Crippen LogP contribution in [0.1, 0.15) is 11.1 Å². The molecule has 0 spiro atoms. The fourth-order valence-corrected chi connectivity index (χ4v) is 2.12. The highest BCUT2D eigenvalue weighted by Gasteiger charge is 2.02. The minimum absolute atomic E-state index is 0.857. The molecule has 0 radical (unpaired) electrons. The van der Waals surface area contributed by atoms with Gasteiger partial charge in [0.2, 0.25) is 0 Å². The van der Waals surface area contributed by atoms with Gasteiger partial charge in [-0.15, -0.1) is 0 Å². The number of benzene rings is 1. The monoisotopic (exact) mass is 290 g/mol. The van der Waals surface area contributed by atoms with E-state index in [-0.39, 0.29) is 0 Å². The molecule has 1 aromatic heterocycles. The number of pyridine rings is 1. The van der Waals surface area contributed by atoms with Gasteiger partial charge < -0.3 is 4.90 Å². The van der Waals surface area contributed by atoms with Gasteiger partial charge in [0, 0.05) is 36.1 Å². The number of hydrogen-bond acceptors (Lipinski definition) is 2. The van der Waals surface area contributed by atoms with Crippen molar-refractivity contribution < 1.29 is 0 Å². The van der Waals surface area contributed by atoms with Crippen LogP contribution in [0.25, 0.3) is 0 Å². The Bertz CT molecular complexity index is 494. The van der Waals surface area contributed by atoms with Crippen molar-refractivity contribution in [2.75, 3.05) is 11.9 Å². The molecule has 2 aromatic rings. The van der Waals surface area contributed by atoms with Gasteiger partial charge in [0.25, 0.3) is 0 Å². The largest absolute Gasteiger partial charge is 0.370 e. The summed E-state index contributed by atoms with van der Waals surface area (Å²) in [7, 11) is 2.09. The van der Waals surface area contributed by atoms with Crippen LogP contribution in [-0.2, 0) is 6.54 Å². The minimum Gasteiger partial charge on any atom is -0.370 e. The zero-order valence-corrected chi connectivity index (χ0v) is 11.6. The molecule has 0 N–H and O–H groups in total. The topological polar surface area (TPSA) is 16.1 Å². The highest BCUT2D eigenvalue weighted by molar-refractivity contribution is 9.10. The number of rotatable bonds is 3. The zero-order chi connectivity index (χ0) is 12.3. The molecule has 0 aliphatic rings. The molecular weight excluding hydrogens is 276 g/mol. The van der Waals surface area contributed by atoms with E-state index in [9.17, 15) is 0 Å². The van der Waals surface area contributed by atoms with Crippen LogP contribution in [0.2, 0.25) is 0 Å². The molecule has 17 heavy (non-hydrogen) atoms. The van der Waals surface area contributed by atoms with Crippen LogP contribution in [0.5, 0.6) is 0 Å². The van der Waals surface area contributed by atoms with Crippen molar-refractivity contribution in [3.05, 3.63) is 58.3 Å². The molecule has 0 bridgehead atoms. The summed E-state index contributed by atoms with van der Waals surface area (Å²) < 4.78 is 1.02. The highest BCUT2D eigenvalue weighted by atomic mass is 79.9. The highest BCUT2D eigenvalue weighted by Crippen LogP contribution is 2.17. The second kappa shape index (κ2) is 5.32. The standard InChI is InChI=1S/C14H15BrN2/c1-11-3-5-14(6-4-11)17(2)10-12-7-13(15)9-16-8-12/h3-9H,10H2,1-2H3. The molecule has 0 atom stereocenters. The third-order valence-electron chi connectivity index (χ3n) is 2.66. The fourth-order valence-electron chi connectivity index (χ4n) is 1.71. The van der Waals surface area contributed by atoms with Crippen molar-refractivity contribution in [2.45, 2.75) is 13.5 Å². The molecule has 2 nitrogen and oxygen atoms in total. The molecule has 2 rings (SSSR count). The molecule has 0 amide bonds. The summed E-state index contributed by atoms with van der Waals surface area (Å²) in [5, 5.41) is 0. The molecule has 3 heteroatoms. The SMILES string of the molecule is Cc1ccc(N(C)Cc2cncc(Br)c2)cc1. The maximum Gasteiger partial charge on any atom is 0.0441 e. The average molecular weight is 291 g/mol. The van der Waals surface area contributed by atoms with Crippen molar-refractivity contribution in [2.24, 2.45) is 0 Å². The molecule has 88 valence electrons. The van der Waals surface area contributed by atoms with Crippen LogP contribution in [0.4, 0.5) is 5.69 Å². The van der Waals surface area contributed by atoms with Gasteiger partial charge in [-0.05, 0) is 46.6 Å². The van der Waals surface area contributed by atoms with E-state index >= 15 is 0 Å². The first kappa shape index (κ1) is 12.1. The van der Waals surface area contributed by atoms with Crippen LogP contribution in [0.15, 0.2) is 47.2 Å². The summed E-state index contributed by atoms with van der Waals surface area (Å²) in [6, 6.07) is 10.6. The summed E-state index contributed by atoms with van der Waals surface area (Å²) in [4.78, 5) is 6.38. The Morgan fingerprint density at radius 1 is 1.18 bits per heavy atom. The first-order valence-electron chi connectivity index (χ1n) is 5.52. The van der Waals surface area contributed by atoms with Gasteiger partial charge in [-0.3, -0.25) is 4.98 Å². The van der Waals surface area contributed by atoms with Crippen molar-refractivity contribution in [1.29, 1.82) is 0 Å². The van der Waals surface area contributed by atoms with Gasteiger partial charge >= 0.3 is 0 Å². The van der Waals surface area contributed by atoms with Gasteiger partial charge in [0.1, 0.15) is 0 Å². The van der Waals surface area contributed by atoms with Crippen LogP contribution in [-0.4, -0.2) is 12.0 Å². The summed E-state index contributed by atoms with van der Waals surface area (Å²) in [5.41, 5.74) is 3.70. The lowest BCUT2D eigenvalue weighted by Gasteiger charge is -2.19. The third-order valence-corrected chi connectivity index (χ3v) is 3.09. The van der Waals surface area contributed by atoms with E-state index in [1.807, 2.05) is 6.20 Å². The smallest absolute Gasteiger partial charge is 0.0441 e. The van der Waals surface area contributed by atoms with E-state index < -0.39 is 0 Å². The lowest BCUT2D eigenvalue weighted by atomic mass is 10.2. The Kier molecular flexibility index (Phi) is 3.79. The molecule has 0 saturated carbocycles. The summed E-state index contributed by atoms with van der Waals surface area (Å²) >= 11 is 3.44. The number of aryl methyl sites for hydroxylation is 1. The van der Waals surface area contributed by atoms with Crippen LogP contribution >= 0.6 is 15.9 Å². The first-order chi connectivity index (χ1) is 8.15. The van der Waals surface area contributed by atoms with Crippen LogP contribution in [0, 0.1) is 6.92 Å². The van der Waals surface area contributed by atoms with Gasteiger partial charge in [0.15, 0.2) is 0 Å². The summed E-state index contributed by atoms with van der Waals surface area (Å²) in [6.45, 7) is 2.96. The number of aromatic nitrogens is 1. The van der Waals surface area contributed by atoms with Crippen molar-refractivity contribution >= 4 is 21.6 Å². The lowest BCUT2D eigenvalue weighted by molar-refractivity contribution is 0.913. The number of hydrogen-bond donors (Lipinski definition) is 0. The molecule has 1 aromatic carbocycles. The predicted molar refractivity (Wildman–Crippen MR) is 75.2 cm³/mol. The Morgan fingerprint density at radius 3 is 2.53 bits per heavy atom. The van der Waals surface area contributed by atoms with Crippen molar-refractivity contribution in [3.63, 3.8) is 0 Å². The van der Waals surface area contributed by atoms with Crippen LogP contribution in [0.3, 0.4) is 0 Å². The van der Waals surface area contributed by atoms with E-state index in [2.05, 4.69) is 70.1 Å². The van der Waals surface area contributed by atoms with E-state index in [0.29, 0.717) is 0 Å². The van der Waals surface area contributed by atoms with E-state index in [4.69, 9.17) is 0 Å². The quantitative estimate of drug-likeness (QED) is 0.855. The molecular formula is C14H15BrN2. The number of nitrogens with zero attached hydrogens (tertiary/aromatic N) is 2. The molecule has 0 fully saturated rings. The maximum atomic E-state index is 4.17. The molecule has 1 heterocycles. The second-order valence-corrected chi connectivity index (χ2v) is 5.12. The van der Waals surface area contributed by atoms with E-state index in [1.165, 1.54) is 16.8 Å². The fraction of sp³-hybridized carbons (Fsp3) is 0.214. The molecule has 0 aliphatic carbocycles. The zero-order valence-electron chi connectivity index (χ0n) is 10.0. The Hall–Kier alpha value is -1.35. The maximum absolute atomic E-state index is 4.17. The first-order valence-corrected chi connectivity index (χ1v) is 6.32. The van der Waals surface area contributed by atoms with Crippen LogP contribution < -0.4 is 4.90 Å². The molecule has 0 unspecified atom stereocenters. The van der Waals surface area contributed by atoms with E-state index in [0.717, 1.165) is 11.0 Å². The lowest BCUT2D eigenvalue weighted by Crippen LogP contribution is -2.16. The second-order valence-electron chi connectivity index (χ2n) is 4.20. The Labute approximate surface area is 110 Å². The number of halogens is 1. The van der Waals surface area contributed by atoms with Crippen molar-refractivity contribution in [3.8, 4) is 0 Å². The normalized spacial score (nSPS) is 10.3. The molecule has 0 saturated heterocycles. The van der Waals surface area contributed by atoms with Gasteiger partial charge in [-0.25, -0.2) is 0 Å². The average Bonchev–Trinajstić information content (AvgIpc) is 2.29. The van der Waals surface area contributed by atoms with Gasteiger partial charge in [-0.1, -0.05) is 17.7 Å². The predicted octanol–water partition coefficient (Wildman–Crippen LogP) is 3.79. The van der Waals surface area contributed by atoms with Gasteiger partial charge in [-0.2, -0.15) is 0 Å². The van der Waals surface area contributed by atoms with Gasteiger partial charge in [0.05, 0.1) is 0 Å². The Morgan fingerprint density at radius 2 is 1.88 bits per heavy atom.